The van der Waals surface area contributed by atoms with E-state index in [2.05, 4.69) is 15.9 Å². The molecule has 15 heavy (non-hydrogen) atoms. The van der Waals surface area contributed by atoms with Crippen molar-refractivity contribution in [2.75, 3.05) is 0 Å². The Labute approximate surface area is 92.5 Å². The quantitative estimate of drug-likeness (QED) is 0.885. The van der Waals surface area contributed by atoms with Crippen LogP contribution in [0.4, 0.5) is 4.39 Å². The fourth-order valence-corrected chi connectivity index (χ4v) is 1.49. The Bertz CT molecular complexity index is 430. The first-order valence-electron chi connectivity index (χ1n) is 3.85. The summed E-state index contributed by atoms with van der Waals surface area (Å²) < 4.78 is 13.5. The number of carboxylic acid groups (broad SMARTS) is 2. The molecule has 0 aromatic heterocycles. The second-order valence-electron chi connectivity index (χ2n) is 2.76. The van der Waals surface area contributed by atoms with Crippen molar-refractivity contribution in [2.45, 2.75) is 6.42 Å². The minimum Gasteiger partial charge on any atom is -0.481 e. The van der Waals surface area contributed by atoms with E-state index in [1.54, 1.807) is 0 Å². The van der Waals surface area contributed by atoms with Crippen molar-refractivity contribution in [3.63, 3.8) is 0 Å². The summed E-state index contributed by atoms with van der Waals surface area (Å²) >= 11 is 2.86. The summed E-state index contributed by atoms with van der Waals surface area (Å²) in [5, 5.41) is 17.2. The van der Waals surface area contributed by atoms with Gasteiger partial charge in [-0.25, -0.2) is 9.18 Å². The van der Waals surface area contributed by atoms with Gasteiger partial charge in [0.05, 0.1) is 16.5 Å². The van der Waals surface area contributed by atoms with Crippen molar-refractivity contribution in [1.29, 1.82) is 0 Å². The van der Waals surface area contributed by atoms with E-state index in [-0.39, 0.29) is 15.6 Å². The molecule has 4 nitrogen and oxygen atoms in total. The van der Waals surface area contributed by atoms with Gasteiger partial charge in [-0.1, -0.05) is 0 Å². The maximum Gasteiger partial charge on any atom is 0.336 e. The van der Waals surface area contributed by atoms with Gasteiger partial charge >= 0.3 is 11.9 Å². The highest BCUT2D eigenvalue weighted by Crippen LogP contribution is 2.23. The minimum atomic E-state index is -1.35. The molecule has 0 spiro atoms. The molecule has 1 aromatic rings. The molecule has 2 N–H and O–H groups in total. The lowest BCUT2D eigenvalue weighted by Crippen LogP contribution is -2.10. The molecule has 0 saturated heterocycles. The van der Waals surface area contributed by atoms with Crippen LogP contribution >= 0.6 is 15.9 Å². The van der Waals surface area contributed by atoms with Crippen LogP contribution in [-0.4, -0.2) is 22.2 Å². The van der Waals surface area contributed by atoms with E-state index in [1.165, 1.54) is 6.07 Å². The van der Waals surface area contributed by atoms with Crippen LogP contribution in [0.15, 0.2) is 16.6 Å². The monoisotopic (exact) mass is 276 g/mol. The van der Waals surface area contributed by atoms with Crippen molar-refractivity contribution in [2.24, 2.45) is 0 Å². The van der Waals surface area contributed by atoms with Crippen LogP contribution in [0.5, 0.6) is 0 Å². The Kier molecular flexibility index (Phi) is 3.41. The van der Waals surface area contributed by atoms with Crippen LogP contribution in [0.1, 0.15) is 15.9 Å². The van der Waals surface area contributed by atoms with Gasteiger partial charge in [0, 0.05) is 5.56 Å². The number of carboxylic acids is 2. The van der Waals surface area contributed by atoms with Gasteiger partial charge in [0.15, 0.2) is 0 Å². The van der Waals surface area contributed by atoms with Crippen molar-refractivity contribution in [3.05, 3.63) is 33.5 Å². The first-order chi connectivity index (χ1) is 6.93. The van der Waals surface area contributed by atoms with E-state index in [0.717, 1.165) is 6.07 Å². The minimum absolute atomic E-state index is 0.0451. The summed E-state index contributed by atoms with van der Waals surface area (Å²) in [5.41, 5.74) is -0.664. The van der Waals surface area contributed by atoms with Crippen LogP contribution in [-0.2, 0) is 11.2 Å². The molecule has 6 heteroatoms. The van der Waals surface area contributed by atoms with Crippen molar-refractivity contribution in [1.82, 2.24) is 0 Å². The summed E-state index contributed by atoms with van der Waals surface area (Å²) in [4.78, 5) is 21.1. The Morgan fingerprint density at radius 1 is 1.33 bits per heavy atom. The van der Waals surface area contributed by atoms with Gasteiger partial charge in [-0.3, -0.25) is 4.79 Å². The molecule has 1 rings (SSSR count). The average Bonchev–Trinajstić information content (AvgIpc) is 2.12. The van der Waals surface area contributed by atoms with Crippen LogP contribution in [0.25, 0.3) is 0 Å². The van der Waals surface area contributed by atoms with E-state index < -0.39 is 24.2 Å². The maximum absolute atomic E-state index is 13.4. The molecule has 0 unspecified atom stereocenters. The van der Waals surface area contributed by atoms with Gasteiger partial charge in [0.1, 0.15) is 5.82 Å². The van der Waals surface area contributed by atoms with Crippen molar-refractivity contribution < 1.29 is 24.2 Å². The highest BCUT2D eigenvalue weighted by Gasteiger charge is 2.18. The summed E-state index contributed by atoms with van der Waals surface area (Å²) in [6.07, 6.45) is -0.660. The van der Waals surface area contributed by atoms with E-state index in [0.29, 0.717) is 0 Å². The van der Waals surface area contributed by atoms with Crippen LogP contribution in [0.2, 0.25) is 0 Å². The molecule has 0 aliphatic rings. The second-order valence-corrected chi connectivity index (χ2v) is 3.62. The van der Waals surface area contributed by atoms with E-state index in [9.17, 15) is 14.0 Å². The van der Waals surface area contributed by atoms with Gasteiger partial charge in [0.2, 0.25) is 0 Å². The van der Waals surface area contributed by atoms with Crippen molar-refractivity contribution >= 4 is 27.9 Å². The van der Waals surface area contributed by atoms with Crippen LogP contribution in [0.3, 0.4) is 0 Å². The van der Waals surface area contributed by atoms with Gasteiger partial charge in [-0.05, 0) is 28.1 Å². The number of carbonyl (C=O) groups is 2. The Hall–Kier alpha value is -1.43. The van der Waals surface area contributed by atoms with E-state index in [4.69, 9.17) is 10.2 Å². The molecule has 0 bridgehead atoms. The molecule has 0 aliphatic heterocycles. The SMILES string of the molecule is O=C(O)Cc1c(C(=O)O)ccc(Br)c1F. The third-order valence-corrected chi connectivity index (χ3v) is 2.37. The fourth-order valence-electron chi connectivity index (χ4n) is 1.12. The molecule has 0 atom stereocenters. The third-order valence-electron chi connectivity index (χ3n) is 1.75. The Morgan fingerprint density at radius 2 is 1.93 bits per heavy atom. The standard InChI is InChI=1S/C9H6BrFO4/c10-6-2-1-4(9(14)15)5(8(6)11)3-7(12)13/h1-2H,3H2,(H,12,13)(H,14,15). The molecule has 80 valence electrons. The molecule has 0 amide bonds. The maximum atomic E-state index is 13.4. The molecule has 0 saturated carbocycles. The lowest BCUT2D eigenvalue weighted by atomic mass is 10.0. The number of halogens is 2. The molecular formula is C9H6BrFO4. The number of rotatable bonds is 3. The van der Waals surface area contributed by atoms with Crippen LogP contribution < -0.4 is 0 Å². The molecule has 1 aromatic carbocycles. The number of aliphatic carboxylic acids is 1. The number of hydrogen-bond donors (Lipinski definition) is 2. The normalized spacial score (nSPS) is 10.0. The number of hydrogen-bond acceptors (Lipinski definition) is 2. The average molecular weight is 277 g/mol. The largest absolute Gasteiger partial charge is 0.481 e. The van der Waals surface area contributed by atoms with E-state index >= 15 is 0 Å². The summed E-state index contributed by atoms with van der Waals surface area (Å²) in [6, 6.07) is 2.39. The third kappa shape index (κ3) is 2.53. The first kappa shape index (κ1) is 11.6. The topological polar surface area (TPSA) is 74.6 Å². The zero-order valence-corrected chi connectivity index (χ0v) is 8.91. The van der Waals surface area contributed by atoms with Crippen LogP contribution in [0, 0.1) is 5.82 Å². The zero-order chi connectivity index (χ0) is 11.6. The fraction of sp³-hybridized carbons (Fsp3) is 0.111. The zero-order valence-electron chi connectivity index (χ0n) is 7.33. The number of aromatic carboxylic acids is 1. The molecule has 0 aliphatic carbocycles. The van der Waals surface area contributed by atoms with Gasteiger partial charge in [-0.15, -0.1) is 0 Å². The summed E-state index contributed by atoms with van der Waals surface area (Å²) in [5.74, 6) is -3.48. The summed E-state index contributed by atoms with van der Waals surface area (Å²) in [6.45, 7) is 0. The van der Waals surface area contributed by atoms with Gasteiger partial charge < -0.3 is 10.2 Å². The highest BCUT2D eigenvalue weighted by atomic mass is 79.9. The van der Waals surface area contributed by atoms with Gasteiger partial charge in [0.25, 0.3) is 0 Å². The predicted molar refractivity (Wildman–Crippen MR) is 52.4 cm³/mol. The molecular weight excluding hydrogens is 271 g/mol. The van der Waals surface area contributed by atoms with Gasteiger partial charge in [-0.2, -0.15) is 0 Å². The summed E-state index contributed by atoms with van der Waals surface area (Å²) in [7, 11) is 0. The van der Waals surface area contributed by atoms with E-state index in [1.807, 2.05) is 0 Å². The van der Waals surface area contributed by atoms with Crippen molar-refractivity contribution in [3.8, 4) is 0 Å². The second kappa shape index (κ2) is 4.39. The Balaban J connectivity index is 3.34. The molecule has 0 heterocycles. The first-order valence-corrected chi connectivity index (χ1v) is 4.64. The highest BCUT2D eigenvalue weighted by molar-refractivity contribution is 9.10. The lowest BCUT2D eigenvalue weighted by Gasteiger charge is -2.06. The molecule has 0 fully saturated rings. The number of benzene rings is 1. The Morgan fingerprint density at radius 3 is 2.40 bits per heavy atom. The lowest BCUT2D eigenvalue weighted by molar-refractivity contribution is -0.136. The smallest absolute Gasteiger partial charge is 0.336 e. The molecule has 0 radical (unpaired) electrons. The predicted octanol–water partition coefficient (Wildman–Crippen LogP) is 1.91.